The Labute approximate surface area is 183 Å². The summed E-state index contributed by atoms with van der Waals surface area (Å²) in [5.74, 6) is -0.0455. The molecule has 7 heteroatoms. The molecule has 0 radical (unpaired) electrons. The van der Waals surface area contributed by atoms with Crippen molar-refractivity contribution in [3.05, 3.63) is 59.7 Å². The number of carbonyl (C=O) groups is 2. The van der Waals surface area contributed by atoms with Crippen LogP contribution in [0.2, 0.25) is 0 Å². The summed E-state index contributed by atoms with van der Waals surface area (Å²) in [6.45, 7) is 1.20. The van der Waals surface area contributed by atoms with Crippen molar-refractivity contribution in [2.75, 3.05) is 23.3 Å². The monoisotopic (exact) mass is 429 g/mol. The van der Waals surface area contributed by atoms with Gasteiger partial charge in [0.2, 0.25) is 5.91 Å². The number of hydrogen-bond donors (Lipinski definition) is 2. The molecule has 0 aromatic heterocycles. The summed E-state index contributed by atoms with van der Waals surface area (Å²) in [6.07, 6.45) is 3.38. The Morgan fingerprint density at radius 3 is 2.60 bits per heavy atom. The first-order valence-electron chi connectivity index (χ1n) is 10.3. The van der Waals surface area contributed by atoms with E-state index in [1.807, 2.05) is 47.4 Å². The fourth-order valence-corrected chi connectivity index (χ4v) is 4.06. The van der Waals surface area contributed by atoms with Crippen LogP contribution in [0.15, 0.2) is 48.5 Å². The molecule has 0 unspecified atom stereocenters. The number of para-hydroxylation sites is 1. The predicted octanol–water partition coefficient (Wildman–Crippen LogP) is 3.08. The van der Waals surface area contributed by atoms with Crippen LogP contribution >= 0.6 is 12.4 Å². The van der Waals surface area contributed by atoms with Crippen LogP contribution in [-0.2, 0) is 27.2 Å². The second kappa shape index (κ2) is 10.1. The van der Waals surface area contributed by atoms with Gasteiger partial charge in [0.1, 0.15) is 6.10 Å². The fraction of sp³-hybridized carbons (Fsp3) is 0.391. The summed E-state index contributed by atoms with van der Waals surface area (Å²) >= 11 is 0. The molecule has 2 aromatic rings. The highest BCUT2D eigenvalue weighted by Crippen LogP contribution is 2.27. The molecule has 30 heavy (non-hydrogen) atoms. The fourth-order valence-electron chi connectivity index (χ4n) is 4.06. The molecule has 2 aliphatic rings. The maximum atomic E-state index is 12.9. The summed E-state index contributed by atoms with van der Waals surface area (Å²) in [5, 5.41) is 2.89. The number of nitrogens with two attached hydrogens (primary N) is 1. The van der Waals surface area contributed by atoms with Gasteiger partial charge in [0.05, 0.1) is 12.5 Å². The van der Waals surface area contributed by atoms with E-state index in [1.165, 1.54) is 5.56 Å². The predicted molar refractivity (Wildman–Crippen MR) is 120 cm³/mol. The molecule has 6 nitrogen and oxygen atoms in total. The van der Waals surface area contributed by atoms with Gasteiger partial charge in [-0.2, -0.15) is 0 Å². The number of rotatable bonds is 5. The minimum Gasteiger partial charge on any atom is -0.364 e. The highest BCUT2D eigenvalue weighted by atomic mass is 35.5. The Balaban J connectivity index is 0.00000256. The zero-order chi connectivity index (χ0) is 20.2. The summed E-state index contributed by atoms with van der Waals surface area (Å²) in [7, 11) is 0. The van der Waals surface area contributed by atoms with Crippen LogP contribution in [-0.4, -0.2) is 37.1 Å². The van der Waals surface area contributed by atoms with Crippen LogP contribution in [0.3, 0.4) is 0 Å². The van der Waals surface area contributed by atoms with Crippen LogP contribution in [0.5, 0.6) is 0 Å². The molecule has 1 fully saturated rings. The van der Waals surface area contributed by atoms with Crippen molar-refractivity contribution in [2.45, 2.75) is 44.3 Å². The third kappa shape index (κ3) is 5.01. The van der Waals surface area contributed by atoms with Crippen LogP contribution in [0.4, 0.5) is 11.4 Å². The topological polar surface area (TPSA) is 84.7 Å². The largest absolute Gasteiger partial charge is 0.364 e. The van der Waals surface area contributed by atoms with E-state index in [4.69, 9.17) is 10.5 Å². The average molecular weight is 430 g/mol. The normalized spacial score (nSPS) is 20.2. The van der Waals surface area contributed by atoms with E-state index in [9.17, 15) is 9.59 Å². The molecule has 2 amide bonds. The lowest BCUT2D eigenvalue weighted by molar-refractivity contribution is -0.126. The van der Waals surface area contributed by atoms with Crippen molar-refractivity contribution in [3.63, 3.8) is 0 Å². The van der Waals surface area contributed by atoms with Crippen molar-refractivity contribution >= 4 is 35.6 Å². The smallest absolute Gasteiger partial charge is 0.253 e. The average Bonchev–Trinajstić information content (AvgIpc) is 3.24. The second-order valence-corrected chi connectivity index (χ2v) is 7.70. The number of hydrogen-bond acceptors (Lipinski definition) is 4. The molecule has 0 bridgehead atoms. The van der Waals surface area contributed by atoms with Gasteiger partial charge in [-0.05, 0) is 55.0 Å². The number of fused-ring (bicyclic) bond motifs is 1. The minimum absolute atomic E-state index is 0. The Morgan fingerprint density at radius 2 is 1.87 bits per heavy atom. The third-order valence-corrected chi connectivity index (χ3v) is 5.65. The quantitative estimate of drug-likeness (QED) is 0.764. The lowest BCUT2D eigenvalue weighted by atomic mass is 10.0. The van der Waals surface area contributed by atoms with Crippen LogP contribution < -0.4 is 16.0 Å². The van der Waals surface area contributed by atoms with E-state index in [-0.39, 0.29) is 30.3 Å². The highest BCUT2D eigenvalue weighted by Gasteiger charge is 2.29. The van der Waals surface area contributed by atoms with E-state index in [1.54, 1.807) is 0 Å². The maximum Gasteiger partial charge on any atom is 0.253 e. The number of ether oxygens (including phenoxy) is 1. The van der Waals surface area contributed by atoms with Crippen molar-refractivity contribution in [1.82, 2.24) is 0 Å². The maximum absolute atomic E-state index is 12.9. The van der Waals surface area contributed by atoms with Gasteiger partial charge in [-0.25, -0.2) is 0 Å². The minimum atomic E-state index is -0.441. The number of anilines is 2. The molecule has 2 aromatic carbocycles. The zero-order valence-corrected chi connectivity index (χ0v) is 17.7. The van der Waals surface area contributed by atoms with Gasteiger partial charge < -0.3 is 20.7 Å². The summed E-state index contributed by atoms with van der Waals surface area (Å²) in [4.78, 5) is 27.1. The number of benzene rings is 2. The second-order valence-electron chi connectivity index (χ2n) is 7.70. The van der Waals surface area contributed by atoms with E-state index < -0.39 is 6.10 Å². The Hall–Kier alpha value is -2.41. The molecule has 0 saturated carbocycles. The standard InChI is InChI=1S/C23H27N3O3.ClH/c24-15-19-11-12-21(29-19)23(28)25-18-9-7-16(8-10-18)14-22(27)26-13-3-5-17-4-1-2-6-20(17)26;/h1-2,4,6-10,19,21H,3,5,11-15,24H2,(H,25,28);1H/t19-,21+;/m1./s1. The Kier molecular flexibility index (Phi) is 7.48. The molecule has 0 spiro atoms. The van der Waals surface area contributed by atoms with Gasteiger partial charge in [-0.3, -0.25) is 9.59 Å². The molecule has 2 heterocycles. The van der Waals surface area contributed by atoms with Crippen LogP contribution in [0.25, 0.3) is 0 Å². The molecular weight excluding hydrogens is 402 g/mol. The van der Waals surface area contributed by atoms with E-state index in [2.05, 4.69) is 11.4 Å². The Bertz CT molecular complexity index is 888. The zero-order valence-electron chi connectivity index (χ0n) is 16.9. The lowest BCUT2D eigenvalue weighted by Gasteiger charge is -2.29. The van der Waals surface area contributed by atoms with Gasteiger partial charge in [0.15, 0.2) is 0 Å². The SMILES string of the molecule is Cl.NC[C@H]1CC[C@@H](C(=O)Nc2ccc(CC(=O)N3CCCc4ccccc43)cc2)O1. The van der Waals surface area contributed by atoms with Crippen molar-refractivity contribution in [2.24, 2.45) is 5.73 Å². The van der Waals surface area contributed by atoms with Crippen LogP contribution in [0.1, 0.15) is 30.4 Å². The summed E-state index contributed by atoms with van der Waals surface area (Å²) < 4.78 is 5.63. The molecule has 160 valence electrons. The van der Waals surface area contributed by atoms with Crippen molar-refractivity contribution in [3.8, 4) is 0 Å². The number of halogens is 1. The molecular formula is C23H28ClN3O3. The van der Waals surface area contributed by atoms with E-state index in [0.29, 0.717) is 25.1 Å². The first-order chi connectivity index (χ1) is 14.1. The van der Waals surface area contributed by atoms with Crippen LogP contribution in [0, 0.1) is 0 Å². The Morgan fingerprint density at radius 1 is 1.10 bits per heavy atom. The van der Waals surface area contributed by atoms with Gasteiger partial charge >= 0.3 is 0 Å². The molecule has 2 aliphatic heterocycles. The van der Waals surface area contributed by atoms with Crippen molar-refractivity contribution in [1.29, 1.82) is 0 Å². The third-order valence-electron chi connectivity index (χ3n) is 5.65. The molecule has 3 N–H and O–H groups in total. The lowest BCUT2D eigenvalue weighted by Crippen LogP contribution is -2.36. The summed E-state index contributed by atoms with van der Waals surface area (Å²) in [5.41, 5.74) is 9.49. The number of nitrogens with zero attached hydrogens (tertiary/aromatic N) is 1. The number of amides is 2. The molecule has 4 rings (SSSR count). The van der Waals surface area contributed by atoms with E-state index in [0.717, 1.165) is 37.1 Å². The molecule has 1 saturated heterocycles. The van der Waals surface area contributed by atoms with Gasteiger partial charge in [0.25, 0.3) is 5.91 Å². The van der Waals surface area contributed by atoms with Gasteiger partial charge in [0, 0.05) is 24.5 Å². The van der Waals surface area contributed by atoms with Gasteiger partial charge in [-0.1, -0.05) is 30.3 Å². The first kappa shape index (κ1) is 22.3. The summed E-state index contributed by atoms with van der Waals surface area (Å²) in [6, 6.07) is 15.6. The van der Waals surface area contributed by atoms with Gasteiger partial charge in [-0.15, -0.1) is 12.4 Å². The highest BCUT2D eigenvalue weighted by molar-refractivity contribution is 5.96. The molecule has 2 atom stereocenters. The van der Waals surface area contributed by atoms with Crippen molar-refractivity contribution < 1.29 is 14.3 Å². The number of aryl methyl sites for hydroxylation is 1. The first-order valence-corrected chi connectivity index (χ1v) is 10.3. The molecule has 0 aliphatic carbocycles. The van der Waals surface area contributed by atoms with E-state index >= 15 is 0 Å². The number of carbonyl (C=O) groups excluding carboxylic acids is 2. The number of nitrogens with one attached hydrogen (secondary N) is 1.